The summed E-state index contributed by atoms with van der Waals surface area (Å²) < 4.78 is 25.6. The first kappa shape index (κ1) is 22.5. The molecular formula is C22H29N5O5. The van der Waals surface area contributed by atoms with Crippen molar-refractivity contribution in [1.82, 2.24) is 14.6 Å². The van der Waals surface area contributed by atoms with Crippen LogP contribution in [0.25, 0.3) is 10.4 Å². The molecule has 2 N–H and O–H groups in total. The Labute approximate surface area is 186 Å². The van der Waals surface area contributed by atoms with Crippen molar-refractivity contribution in [2.45, 2.75) is 77.3 Å². The van der Waals surface area contributed by atoms with Crippen LogP contribution >= 0.6 is 0 Å². The van der Waals surface area contributed by atoms with E-state index in [1.165, 1.54) is 6.33 Å². The fourth-order valence-corrected chi connectivity index (χ4v) is 4.12. The number of hydrogen-bond acceptors (Lipinski definition) is 8. The summed E-state index contributed by atoms with van der Waals surface area (Å²) in [4.78, 5) is 20.2. The highest BCUT2D eigenvalue weighted by Crippen LogP contribution is 2.51. The van der Waals surface area contributed by atoms with Gasteiger partial charge in [-0.25, -0.2) is 16.1 Å². The van der Waals surface area contributed by atoms with Crippen LogP contribution in [-0.2, 0) is 23.7 Å². The molecule has 4 rings (SSSR count). The minimum absolute atomic E-state index is 0.191. The van der Waals surface area contributed by atoms with Crippen LogP contribution in [-0.4, -0.2) is 50.9 Å². The summed E-state index contributed by atoms with van der Waals surface area (Å²) in [5.41, 5.74) is 5.50. The number of rotatable bonds is 6. The number of nitrogen functional groups attached to an aromatic ring is 1. The van der Waals surface area contributed by atoms with E-state index in [1.807, 2.05) is 26.8 Å². The molecule has 0 aliphatic carbocycles. The first-order valence-electron chi connectivity index (χ1n) is 10.7. The molecule has 10 nitrogen and oxygen atoms in total. The molecule has 0 radical (unpaired) electrons. The Bertz CT molecular complexity index is 1070. The lowest BCUT2D eigenvalue weighted by Crippen LogP contribution is -2.45. The molecule has 32 heavy (non-hydrogen) atoms. The second kappa shape index (κ2) is 7.69. The molecule has 0 bridgehead atoms. The summed E-state index contributed by atoms with van der Waals surface area (Å²) in [6, 6.07) is 3.60. The highest BCUT2D eigenvalue weighted by Gasteiger charge is 2.69. The maximum Gasteiger partial charge on any atom is 0.400 e. The van der Waals surface area contributed by atoms with Crippen molar-refractivity contribution in [2.75, 3.05) is 12.3 Å². The van der Waals surface area contributed by atoms with Crippen LogP contribution in [0.5, 0.6) is 0 Å². The SMILES string of the molecule is [C-]#[N+][C@]1(COC(=O)CC(C)(C)CC)O[C@@H](c2ccc3c(N)ncnn23)[C@@H]2OC(C)(C)O[C@@H]21. The van der Waals surface area contributed by atoms with E-state index < -0.39 is 29.8 Å². The minimum Gasteiger partial charge on any atom is -0.454 e. The molecule has 0 amide bonds. The van der Waals surface area contributed by atoms with Gasteiger partial charge in [-0.1, -0.05) is 27.2 Å². The summed E-state index contributed by atoms with van der Waals surface area (Å²) in [6.07, 6.45) is 0.399. The molecule has 0 unspecified atom stereocenters. The van der Waals surface area contributed by atoms with Gasteiger partial charge in [0.05, 0.1) is 12.1 Å². The first-order chi connectivity index (χ1) is 15.0. The van der Waals surface area contributed by atoms with E-state index in [4.69, 9.17) is 31.3 Å². The van der Waals surface area contributed by atoms with E-state index in [0.29, 0.717) is 17.0 Å². The van der Waals surface area contributed by atoms with Crippen molar-refractivity contribution in [3.8, 4) is 0 Å². The number of fused-ring (bicyclic) bond motifs is 2. The normalized spacial score (nSPS) is 29.1. The number of hydrogen-bond donors (Lipinski definition) is 1. The van der Waals surface area contributed by atoms with Crippen LogP contribution in [0, 0.1) is 12.0 Å². The zero-order valence-electron chi connectivity index (χ0n) is 19.0. The fourth-order valence-electron chi connectivity index (χ4n) is 4.12. The van der Waals surface area contributed by atoms with Crippen LogP contribution in [0.3, 0.4) is 0 Å². The number of carbonyl (C=O) groups excluding carboxylic acids is 1. The maximum atomic E-state index is 12.5. The van der Waals surface area contributed by atoms with Gasteiger partial charge >= 0.3 is 11.7 Å². The van der Waals surface area contributed by atoms with Crippen molar-refractivity contribution >= 4 is 17.3 Å². The predicted octanol–water partition coefficient (Wildman–Crippen LogP) is 2.89. The second-order valence-electron chi connectivity index (χ2n) is 9.57. The zero-order valence-corrected chi connectivity index (χ0v) is 19.0. The summed E-state index contributed by atoms with van der Waals surface area (Å²) in [5, 5.41) is 4.28. The number of ether oxygens (including phenoxy) is 4. The number of anilines is 1. The average molecular weight is 444 g/mol. The molecule has 2 aromatic rings. The molecule has 2 aliphatic rings. The van der Waals surface area contributed by atoms with Gasteiger partial charge in [-0.15, -0.1) is 0 Å². The molecule has 10 heteroatoms. The summed E-state index contributed by atoms with van der Waals surface area (Å²) >= 11 is 0. The molecule has 4 heterocycles. The Kier molecular flexibility index (Phi) is 5.40. The quantitative estimate of drug-likeness (QED) is 0.535. The Morgan fingerprint density at radius 2 is 2.09 bits per heavy atom. The number of aromatic nitrogens is 3. The lowest BCUT2D eigenvalue weighted by molar-refractivity contribution is -0.210. The van der Waals surface area contributed by atoms with Crippen molar-refractivity contribution in [3.05, 3.63) is 35.6 Å². The van der Waals surface area contributed by atoms with E-state index in [-0.39, 0.29) is 24.4 Å². The maximum absolute atomic E-state index is 12.5. The van der Waals surface area contributed by atoms with Crippen LogP contribution < -0.4 is 5.73 Å². The Morgan fingerprint density at radius 1 is 1.34 bits per heavy atom. The van der Waals surface area contributed by atoms with Gasteiger partial charge in [0.25, 0.3) is 0 Å². The standard InChI is InChI=1S/C22H29N5O5/c1-7-20(2,3)10-15(28)29-11-22(24-6)18-17(30-21(4,5)32-18)16(31-22)13-8-9-14-19(23)25-12-26-27(13)14/h8-9,12,16-18H,7,10-11H2,1-5H3,(H2,23,25,26)/t16-,17-,18-,22+/m0/s1. The number of esters is 1. The molecule has 2 fully saturated rings. The van der Waals surface area contributed by atoms with Gasteiger partial charge in [-0.05, 0) is 31.4 Å². The lowest BCUT2D eigenvalue weighted by Gasteiger charge is -2.26. The monoisotopic (exact) mass is 443 g/mol. The number of nitrogens with two attached hydrogens (primary N) is 1. The highest BCUT2D eigenvalue weighted by molar-refractivity contribution is 5.70. The Balaban J connectivity index is 1.64. The Morgan fingerprint density at radius 3 is 2.78 bits per heavy atom. The van der Waals surface area contributed by atoms with Gasteiger partial charge < -0.3 is 19.9 Å². The van der Waals surface area contributed by atoms with Gasteiger partial charge in [0, 0.05) is 0 Å². The first-order valence-corrected chi connectivity index (χ1v) is 10.7. The summed E-state index contributed by atoms with van der Waals surface area (Å²) in [7, 11) is 0. The van der Waals surface area contributed by atoms with Gasteiger partial charge in [0.15, 0.2) is 24.3 Å². The van der Waals surface area contributed by atoms with Gasteiger partial charge in [0.2, 0.25) is 0 Å². The predicted molar refractivity (Wildman–Crippen MR) is 114 cm³/mol. The van der Waals surface area contributed by atoms with Crippen LogP contribution in [0.2, 0.25) is 0 Å². The minimum atomic E-state index is -1.54. The number of carbonyl (C=O) groups is 1. The van der Waals surface area contributed by atoms with E-state index >= 15 is 0 Å². The molecule has 4 atom stereocenters. The second-order valence-corrected chi connectivity index (χ2v) is 9.57. The van der Waals surface area contributed by atoms with Crippen molar-refractivity contribution in [2.24, 2.45) is 5.41 Å². The molecule has 2 saturated heterocycles. The lowest BCUT2D eigenvalue weighted by atomic mass is 9.87. The van der Waals surface area contributed by atoms with E-state index in [9.17, 15) is 4.79 Å². The smallest absolute Gasteiger partial charge is 0.400 e. The molecule has 172 valence electrons. The molecule has 0 spiro atoms. The molecule has 0 saturated carbocycles. The van der Waals surface area contributed by atoms with Crippen molar-refractivity contribution in [1.29, 1.82) is 0 Å². The average Bonchev–Trinajstić information content (AvgIpc) is 3.37. The Hall–Kier alpha value is -2.74. The van der Waals surface area contributed by atoms with Gasteiger partial charge in [0.1, 0.15) is 24.1 Å². The van der Waals surface area contributed by atoms with Crippen molar-refractivity contribution < 1.29 is 23.7 Å². The molecular weight excluding hydrogens is 414 g/mol. The fraction of sp³-hybridized carbons (Fsp3) is 0.636. The van der Waals surface area contributed by atoms with Crippen LogP contribution in [0.1, 0.15) is 59.3 Å². The third-order valence-corrected chi connectivity index (χ3v) is 6.21. The van der Waals surface area contributed by atoms with Crippen LogP contribution in [0.15, 0.2) is 18.5 Å². The van der Waals surface area contributed by atoms with Gasteiger partial charge in [-0.3, -0.25) is 14.4 Å². The number of nitrogens with zero attached hydrogens (tertiary/aromatic N) is 4. The molecule has 0 aromatic carbocycles. The van der Waals surface area contributed by atoms with Crippen LogP contribution in [0.4, 0.5) is 5.82 Å². The largest absolute Gasteiger partial charge is 0.454 e. The summed E-state index contributed by atoms with van der Waals surface area (Å²) in [6.45, 7) is 17.2. The van der Waals surface area contributed by atoms with E-state index in [2.05, 4.69) is 14.9 Å². The van der Waals surface area contributed by atoms with Crippen molar-refractivity contribution in [3.63, 3.8) is 0 Å². The molecule has 2 aliphatic heterocycles. The third-order valence-electron chi connectivity index (χ3n) is 6.21. The molecule has 2 aromatic heterocycles. The summed E-state index contributed by atoms with van der Waals surface area (Å²) in [5.74, 6) is -0.980. The topological polar surface area (TPSA) is 115 Å². The third kappa shape index (κ3) is 3.81. The highest BCUT2D eigenvalue weighted by atomic mass is 16.8. The van der Waals surface area contributed by atoms with Gasteiger partial charge in [-0.2, -0.15) is 5.10 Å². The zero-order chi connectivity index (χ0) is 23.3. The van der Waals surface area contributed by atoms with E-state index in [1.54, 1.807) is 24.4 Å². The van der Waals surface area contributed by atoms with E-state index in [0.717, 1.165) is 6.42 Å².